The Kier molecular flexibility index (Phi) is 17.4. The van der Waals surface area contributed by atoms with E-state index in [1.54, 1.807) is 6.92 Å². The summed E-state index contributed by atoms with van der Waals surface area (Å²) in [5, 5.41) is 8.82. The maximum Gasteiger partial charge on any atom is 0.461 e. The van der Waals surface area contributed by atoms with Gasteiger partial charge in [0.25, 0.3) is 0 Å². The molecule has 3 amide bonds. The largest absolute Gasteiger partial charge is 0.461 e. The third-order valence-electron chi connectivity index (χ3n) is 15.5. The number of unbranched alkanes of at least 4 members (excludes halogenated alkanes) is 3. The fourth-order valence-corrected chi connectivity index (χ4v) is 10.9. The fourth-order valence-electron chi connectivity index (χ4n) is 10.9. The van der Waals surface area contributed by atoms with Gasteiger partial charge in [-0.2, -0.15) is 0 Å². The molecule has 354 valence electrons. The van der Waals surface area contributed by atoms with E-state index in [1.807, 2.05) is 31.2 Å². The summed E-state index contributed by atoms with van der Waals surface area (Å²) in [6.45, 7) is 15.0. The summed E-state index contributed by atoms with van der Waals surface area (Å²) in [6, 6.07) is 14.2. The smallest absolute Gasteiger partial charge is 0.405 e. The van der Waals surface area contributed by atoms with E-state index in [2.05, 4.69) is 74.8 Å². The van der Waals surface area contributed by atoms with Gasteiger partial charge in [0, 0.05) is 49.6 Å². The molecule has 0 unspecified atom stereocenters. The Bertz CT molecular complexity index is 1990. The zero-order valence-corrected chi connectivity index (χ0v) is 40.3. The van der Waals surface area contributed by atoms with E-state index in [9.17, 15) is 28.8 Å². The van der Waals surface area contributed by atoms with Crippen LogP contribution in [0.1, 0.15) is 167 Å². The zero-order chi connectivity index (χ0) is 46.9. The van der Waals surface area contributed by atoms with Gasteiger partial charge < -0.3 is 25.3 Å². The number of Topliss-reactive ketones (excluding diaryl/α,β-unsaturated/α-hetero) is 3. The van der Waals surface area contributed by atoms with Crippen molar-refractivity contribution < 1.29 is 38.1 Å². The number of amides is 3. The predicted molar refractivity (Wildman–Crippen MR) is 255 cm³/mol. The van der Waals surface area contributed by atoms with Crippen LogP contribution in [0.2, 0.25) is 5.82 Å². The van der Waals surface area contributed by atoms with E-state index in [4.69, 9.17) is 9.31 Å². The van der Waals surface area contributed by atoms with Gasteiger partial charge in [-0.3, -0.25) is 28.8 Å². The normalized spacial score (nSPS) is 28.0. The molecule has 5 fully saturated rings. The molecule has 3 N–H and O–H groups in total. The van der Waals surface area contributed by atoms with E-state index in [0.717, 1.165) is 62.5 Å². The van der Waals surface area contributed by atoms with Gasteiger partial charge in [0.1, 0.15) is 0 Å². The van der Waals surface area contributed by atoms with E-state index >= 15 is 0 Å². The third kappa shape index (κ3) is 12.4. The molecular formula is C53H76BN3O8. The van der Waals surface area contributed by atoms with Gasteiger partial charge in [-0.15, -0.1) is 0 Å². The van der Waals surface area contributed by atoms with Crippen LogP contribution in [-0.4, -0.2) is 72.5 Å². The van der Waals surface area contributed by atoms with Gasteiger partial charge in [-0.05, 0) is 104 Å². The SMILES string of the molecule is CCCCC[C@H](CC(=O)c1ccc(-c2ccc(CCCC)cc2)cc1)C(=O)N[C@H]1CCC(=O)NCCCC[C@@H](C(=O)C[C@@H](C)B2O[C@@H]3C[C@@H]4C[C@@H](C4(C)C)[C@]3(C)O2)NC(=O)[C@H](C)CC1=O. The maximum absolute atomic E-state index is 14.1. The molecular weight excluding hydrogens is 817 g/mol. The lowest BCUT2D eigenvalue weighted by molar-refractivity contribution is -0.199. The lowest BCUT2D eigenvalue weighted by Gasteiger charge is -2.64. The summed E-state index contributed by atoms with van der Waals surface area (Å²) in [4.78, 5) is 82.6. The molecule has 0 spiro atoms. The molecule has 0 radical (unpaired) electrons. The molecule has 11 nitrogen and oxygen atoms in total. The van der Waals surface area contributed by atoms with Crippen molar-refractivity contribution in [3.05, 3.63) is 59.7 Å². The highest BCUT2D eigenvalue weighted by Gasteiger charge is 2.68. The van der Waals surface area contributed by atoms with Gasteiger partial charge in [-0.25, -0.2) is 0 Å². The van der Waals surface area contributed by atoms with E-state index < -0.39 is 42.9 Å². The molecule has 65 heavy (non-hydrogen) atoms. The van der Waals surface area contributed by atoms with Crippen LogP contribution in [0.4, 0.5) is 0 Å². The number of hydrogen-bond acceptors (Lipinski definition) is 8. The number of carbonyl (C=O) groups is 6. The van der Waals surface area contributed by atoms with Crippen LogP contribution in [0.5, 0.6) is 0 Å². The van der Waals surface area contributed by atoms with Crippen molar-refractivity contribution >= 4 is 42.2 Å². The number of hydrogen-bond donors (Lipinski definition) is 3. The molecule has 2 heterocycles. The molecule has 2 saturated heterocycles. The number of nitrogens with one attached hydrogen (secondary N) is 3. The Balaban J connectivity index is 1.08. The molecule has 12 heteroatoms. The Hall–Kier alpha value is -4.16. The van der Waals surface area contributed by atoms with E-state index in [1.165, 1.54) is 5.56 Å². The second-order valence-electron chi connectivity index (χ2n) is 20.8. The number of rotatable bonds is 17. The summed E-state index contributed by atoms with van der Waals surface area (Å²) in [6.07, 6.45) is 10.1. The summed E-state index contributed by atoms with van der Waals surface area (Å²) >= 11 is 0. The first-order chi connectivity index (χ1) is 31.0. The topological polar surface area (TPSA) is 157 Å². The summed E-state index contributed by atoms with van der Waals surface area (Å²) in [5.41, 5.74) is 3.71. The predicted octanol–water partition coefficient (Wildman–Crippen LogP) is 9.19. The number of ketones is 3. The van der Waals surface area contributed by atoms with Crippen LogP contribution in [0.3, 0.4) is 0 Å². The van der Waals surface area contributed by atoms with E-state index in [-0.39, 0.29) is 78.3 Å². The highest BCUT2D eigenvalue weighted by atomic mass is 16.7. The highest BCUT2D eigenvalue weighted by Crippen LogP contribution is 2.66. The first-order valence-corrected chi connectivity index (χ1v) is 25.0. The van der Waals surface area contributed by atoms with Crippen LogP contribution in [0.15, 0.2) is 48.5 Å². The van der Waals surface area contributed by atoms with E-state index in [0.29, 0.717) is 49.6 Å². The van der Waals surface area contributed by atoms with Crippen LogP contribution in [0.25, 0.3) is 11.1 Å². The Morgan fingerprint density at radius 1 is 0.877 bits per heavy atom. The minimum Gasteiger partial charge on any atom is -0.405 e. The standard InChI is InChI=1S/C53H76BN3O8/c1-8-10-12-16-40(31-44(58)39-24-22-38(23-25-39)37-20-18-36(19-21-37)15-11-9-2)51(63)57-43-26-27-49(61)55-28-14-13-17-42(56-50(62)34(3)29-45(43)59)46(60)30-35(4)54-64-48-33-41-32-47(52(41,5)6)53(48,7)65-54/h18-25,34-35,40-43,47-48H,8-17,26-33H2,1-7H3,(H,55,61)(H,56,62)(H,57,63)/t34-,35-,40-,41+,42+,43+,47+,48-,53+/m1/s1. The van der Waals surface area contributed by atoms with Crippen molar-refractivity contribution in [2.45, 2.75) is 187 Å². The molecule has 2 aliphatic heterocycles. The summed E-state index contributed by atoms with van der Waals surface area (Å²) < 4.78 is 13.1. The molecule has 2 aromatic carbocycles. The number of aryl methyl sites for hydroxylation is 1. The molecule has 3 saturated carbocycles. The fraction of sp³-hybridized carbons (Fsp3) is 0.660. The van der Waals surface area contributed by atoms with Crippen molar-refractivity contribution in [2.24, 2.45) is 29.1 Å². The molecule has 7 rings (SSSR count). The molecule has 3 aliphatic carbocycles. The van der Waals surface area contributed by atoms with Crippen molar-refractivity contribution in [3.63, 3.8) is 0 Å². The number of carbonyl (C=O) groups excluding carboxylic acids is 6. The Morgan fingerprint density at radius 2 is 1.57 bits per heavy atom. The molecule has 2 aromatic rings. The monoisotopic (exact) mass is 894 g/mol. The maximum atomic E-state index is 14.1. The zero-order valence-electron chi connectivity index (χ0n) is 40.3. The molecule has 0 aromatic heterocycles. The Labute approximate surface area is 388 Å². The second kappa shape index (κ2) is 22.6. The lowest BCUT2D eigenvalue weighted by Crippen LogP contribution is -2.65. The van der Waals surface area contributed by atoms with Gasteiger partial charge in [0.15, 0.2) is 17.3 Å². The van der Waals surface area contributed by atoms with Gasteiger partial charge in [-0.1, -0.05) is 116 Å². The average Bonchev–Trinajstić information content (AvgIpc) is 3.66. The summed E-state index contributed by atoms with van der Waals surface area (Å²) in [5.74, 6) is -2.40. The van der Waals surface area contributed by atoms with Crippen LogP contribution < -0.4 is 16.0 Å². The number of benzene rings is 2. The first-order valence-electron chi connectivity index (χ1n) is 25.0. The third-order valence-corrected chi connectivity index (χ3v) is 15.5. The van der Waals surface area contributed by atoms with Crippen molar-refractivity contribution in [3.8, 4) is 11.1 Å². The van der Waals surface area contributed by atoms with Crippen molar-refractivity contribution in [1.82, 2.24) is 16.0 Å². The molecule has 5 aliphatic rings. The molecule has 9 atom stereocenters. The van der Waals surface area contributed by atoms with Crippen LogP contribution in [0, 0.1) is 29.1 Å². The second-order valence-corrected chi connectivity index (χ2v) is 20.8. The summed E-state index contributed by atoms with van der Waals surface area (Å²) in [7, 11) is -0.513. The van der Waals surface area contributed by atoms with Crippen molar-refractivity contribution in [1.29, 1.82) is 0 Å². The first kappa shape index (κ1) is 50.3. The van der Waals surface area contributed by atoms with Crippen LogP contribution in [-0.2, 0) is 39.7 Å². The van der Waals surface area contributed by atoms with Crippen molar-refractivity contribution in [2.75, 3.05) is 6.54 Å². The average molecular weight is 894 g/mol. The van der Waals surface area contributed by atoms with Gasteiger partial charge >= 0.3 is 7.12 Å². The highest BCUT2D eigenvalue weighted by molar-refractivity contribution is 6.47. The minimum absolute atomic E-state index is 0.00383. The molecule has 2 bridgehead atoms. The van der Waals surface area contributed by atoms with Crippen LogP contribution >= 0.6 is 0 Å². The quantitative estimate of drug-likeness (QED) is 0.0807. The Morgan fingerprint density at radius 3 is 2.25 bits per heavy atom. The van der Waals surface area contributed by atoms with Gasteiger partial charge in [0.2, 0.25) is 17.7 Å². The van der Waals surface area contributed by atoms with Gasteiger partial charge in [0.05, 0.1) is 23.8 Å². The lowest BCUT2D eigenvalue weighted by atomic mass is 9.43. The minimum atomic E-state index is -1.03.